The number of rotatable bonds is 3. The van der Waals surface area contributed by atoms with Gasteiger partial charge in [0.05, 0.1) is 12.5 Å². The molecular weight excluding hydrogens is 148 g/mol. The van der Waals surface area contributed by atoms with E-state index in [1.165, 1.54) is 11.0 Å². The molecule has 0 aliphatic carbocycles. The van der Waals surface area contributed by atoms with Crippen molar-refractivity contribution in [1.82, 2.24) is 20.2 Å². The minimum atomic E-state index is -0.854. The molecule has 0 spiro atoms. The lowest BCUT2D eigenvalue weighted by atomic mass is 10.2. The minimum Gasteiger partial charge on any atom is -0.481 e. The zero-order valence-corrected chi connectivity index (χ0v) is 6.01. The molecule has 60 valence electrons. The molecule has 0 amide bonds. The predicted octanol–water partition coefficient (Wildman–Crippen LogP) is -0.291. The minimum absolute atomic E-state index is 0.0328. The van der Waals surface area contributed by atoms with Gasteiger partial charge in [0.25, 0.3) is 0 Å². The highest BCUT2D eigenvalue weighted by Crippen LogP contribution is 2.05. The van der Waals surface area contributed by atoms with Gasteiger partial charge >= 0.3 is 5.97 Å². The molecule has 0 radical (unpaired) electrons. The molecule has 1 aromatic heterocycles. The molecule has 1 rings (SSSR count). The first-order chi connectivity index (χ1) is 5.20. The highest BCUT2D eigenvalue weighted by Gasteiger charge is 2.09. The van der Waals surface area contributed by atoms with E-state index < -0.39 is 5.97 Å². The number of aliphatic carboxylic acids is 1. The highest BCUT2D eigenvalue weighted by molar-refractivity contribution is 5.67. The maximum atomic E-state index is 10.2. The Hall–Kier alpha value is -1.46. The number of hydrogen-bond donors (Lipinski definition) is 1. The molecule has 0 aliphatic rings. The predicted molar refractivity (Wildman–Crippen MR) is 34.8 cm³/mol. The van der Waals surface area contributed by atoms with E-state index in [1.54, 1.807) is 6.92 Å². The van der Waals surface area contributed by atoms with Gasteiger partial charge in [-0.15, -0.1) is 5.10 Å². The van der Waals surface area contributed by atoms with Gasteiger partial charge in [-0.3, -0.25) is 4.79 Å². The van der Waals surface area contributed by atoms with Crippen molar-refractivity contribution in [3.05, 3.63) is 6.33 Å². The van der Waals surface area contributed by atoms with Crippen LogP contribution in [-0.2, 0) is 4.79 Å². The molecule has 0 aromatic carbocycles. The fourth-order valence-electron chi connectivity index (χ4n) is 0.717. The lowest BCUT2D eigenvalue weighted by Gasteiger charge is -2.05. The van der Waals surface area contributed by atoms with Crippen LogP contribution in [0.5, 0.6) is 0 Å². The number of carbonyl (C=O) groups is 1. The fourth-order valence-corrected chi connectivity index (χ4v) is 0.717. The van der Waals surface area contributed by atoms with Crippen molar-refractivity contribution in [2.45, 2.75) is 19.4 Å². The topological polar surface area (TPSA) is 80.9 Å². The molecule has 0 aliphatic heterocycles. The van der Waals surface area contributed by atoms with Crippen LogP contribution in [0.15, 0.2) is 6.33 Å². The van der Waals surface area contributed by atoms with Gasteiger partial charge in [0.2, 0.25) is 0 Å². The smallest absolute Gasteiger partial charge is 0.305 e. The third kappa shape index (κ3) is 1.99. The Bertz CT molecular complexity index is 233. The Morgan fingerprint density at radius 2 is 2.55 bits per heavy atom. The average molecular weight is 156 g/mol. The third-order valence-electron chi connectivity index (χ3n) is 1.29. The molecule has 11 heavy (non-hydrogen) atoms. The monoisotopic (exact) mass is 156 g/mol. The molecule has 6 nitrogen and oxygen atoms in total. The molecular formula is C5H8N4O2. The fraction of sp³-hybridized carbons (Fsp3) is 0.600. The molecule has 1 atom stereocenters. The summed E-state index contributed by atoms with van der Waals surface area (Å²) in [7, 11) is 0. The summed E-state index contributed by atoms with van der Waals surface area (Å²) in [5, 5.41) is 18.7. The van der Waals surface area contributed by atoms with Crippen LogP contribution in [0.25, 0.3) is 0 Å². The second-order valence-electron chi connectivity index (χ2n) is 2.24. The molecule has 1 unspecified atom stereocenters. The van der Waals surface area contributed by atoms with Gasteiger partial charge in [-0.25, -0.2) is 4.68 Å². The van der Waals surface area contributed by atoms with Crippen LogP contribution in [0.1, 0.15) is 19.4 Å². The molecule has 6 heteroatoms. The largest absolute Gasteiger partial charge is 0.481 e. The van der Waals surface area contributed by atoms with Gasteiger partial charge in [-0.2, -0.15) is 0 Å². The number of tetrazole rings is 1. The van der Waals surface area contributed by atoms with Crippen LogP contribution in [0.3, 0.4) is 0 Å². The first-order valence-electron chi connectivity index (χ1n) is 3.14. The SMILES string of the molecule is CC(CC(=O)O)n1cnnn1. The van der Waals surface area contributed by atoms with Gasteiger partial charge in [-0.05, 0) is 17.4 Å². The van der Waals surface area contributed by atoms with E-state index in [1.807, 2.05) is 0 Å². The van der Waals surface area contributed by atoms with Crippen LogP contribution in [0, 0.1) is 0 Å². The van der Waals surface area contributed by atoms with Gasteiger partial charge in [0.15, 0.2) is 0 Å². The Morgan fingerprint density at radius 1 is 1.82 bits per heavy atom. The van der Waals surface area contributed by atoms with Crippen LogP contribution in [0.4, 0.5) is 0 Å². The van der Waals surface area contributed by atoms with E-state index in [4.69, 9.17) is 5.11 Å². The summed E-state index contributed by atoms with van der Waals surface area (Å²) in [6.45, 7) is 1.74. The Balaban J connectivity index is 2.56. The summed E-state index contributed by atoms with van der Waals surface area (Å²) in [6, 6.07) is -0.192. The van der Waals surface area contributed by atoms with E-state index in [0.29, 0.717) is 0 Å². The first kappa shape index (κ1) is 7.64. The van der Waals surface area contributed by atoms with Crippen LogP contribution in [0.2, 0.25) is 0 Å². The van der Waals surface area contributed by atoms with E-state index >= 15 is 0 Å². The van der Waals surface area contributed by atoms with Gasteiger partial charge in [0, 0.05) is 0 Å². The number of aromatic nitrogens is 4. The maximum absolute atomic E-state index is 10.2. The maximum Gasteiger partial charge on any atom is 0.305 e. The van der Waals surface area contributed by atoms with Crippen LogP contribution in [-0.4, -0.2) is 31.3 Å². The van der Waals surface area contributed by atoms with E-state index in [2.05, 4.69) is 15.5 Å². The summed E-state index contributed by atoms with van der Waals surface area (Å²) >= 11 is 0. The summed E-state index contributed by atoms with van der Waals surface area (Å²) in [4.78, 5) is 10.2. The highest BCUT2D eigenvalue weighted by atomic mass is 16.4. The van der Waals surface area contributed by atoms with Gasteiger partial charge < -0.3 is 5.11 Å². The van der Waals surface area contributed by atoms with Crippen molar-refractivity contribution in [3.8, 4) is 0 Å². The van der Waals surface area contributed by atoms with E-state index in [-0.39, 0.29) is 12.5 Å². The summed E-state index contributed by atoms with van der Waals surface area (Å²) in [5.74, 6) is -0.854. The summed E-state index contributed by atoms with van der Waals surface area (Å²) < 4.78 is 1.41. The van der Waals surface area contributed by atoms with Crippen molar-refractivity contribution < 1.29 is 9.90 Å². The molecule has 0 fully saturated rings. The van der Waals surface area contributed by atoms with Crippen molar-refractivity contribution in [3.63, 3.8) is 0 Å². The Morgan fingerprint density at radius 3 is 3.00 bits per heavy atom. The Labute approximate surface area is 62.8 Å². The lowest BCUT2D eigenvalue weighted by Crippen LogP contribution is -2.10. The standard InChI is InChI=1S/C5H8N4O2/c1-4(2-5(10)11)9-3-6-7-8-9/h3-4H,2H2,1H3,(H,10,11). The molecule has 0 saturated heterocycles. The van der Waals surface area contributed by atoms with Crippen molar-refractivity contribution >= 4 is 5.97 Å². The molecule has 1 heterocycles. The van der Waals surface area contributed by atoms with Crippen molar-refractivity contribution in [1.29, 1.82) is 0 Å². The third-order valence-corrected chi connectivity index (χ3v) is 1.29. The molecule has 0 saturated carbocycles. The summed E-state index contributed by atoms with van der Waals surface area (Å²) in [6.07, 6.45) is 1.43. The zero-order chi connectivity index (χ0) is 8.27. The quantitative estimate of drug-likeness (QED) is 0.650. The van der Waals surface area contributed by atoms with Gasteiger partial charge in [-0.1, -0.05) is 0 Å². The summed E-state index contributed by atoms with van der Waals surface area (Å²) in [5.41, 5.74) is 0. The van der Waals surface area contributed by atoms with Crippen LogP contribution < -0.4 is 0 Å². The number of carboxylic acid groups (broad SMARTS) is 1. The van der Waals surface area contributed by atoms with Crippen molar-refractivity contribution in [2.24, 2.45) is 0 Å². The number of hydrogen-bond acceptors (Lipinski definition) is 4. The Kier molecular flexibility index (Phi) is 2.15. The number of nitrogens with zero attached hydrogens (tertiary/aromatic N) is 4. The first-order valence-corrected chi connectivity index (χ1v) is 3.14. The van der Waals surface area contributed by atoms with E-state index in [0.717, 1.165) is 0 Å². The van der Waals surface area contributed by atoms with Crippen molar-refractivity contribution in [2.75, 3.05) is 0 Å². The average Bonchev–Trinajstić information content (AvgIpc) is 2.35. The normalized spacial score (nSPS) is 12.8. The second-order valence-corrected chi connectivity index (χ2v) is 2.24. The number of carboxylic acids is 1. The van der Waals surface area contributed by atoms with E-state index in [9.17, 15) is 4.79 Å². The second kappa shape index (κ2) is 3.09. The zero-order valence-electron chi connectivity index (χ0n) is 6.01. The van der Waals surface area contributed by atoms with Crippen LogP contribution >= 0.6 is 0 Å². The molecule has 1 aromatic rings. The lowest BCUT2D eigenvalue weighted by molar-refractivity contribution is -0.137. The molecule has 0 bridgehead atoms. The van der Waals surface area contributed by atoms with Gasteiger partial charge in [0.1, 0.15) is 6.33 Å². The molecule has 1 N–H and O–H groups in total.